The predicted octanol–water partition coefficient (Wildman–Crippen LogP) is 1.34. The smallest absolute Gasteiger partial charge is 0.276 e. The van der Waals surface area contributed by atoms with Crippen molar-refractivity contribution < 1.29 is 9.59 Å². The lowest BCUT2D eigenvalue weighted by Crippen LogP contribution is -2.46. The highest BCUT2D eigenvalue weighted by Gasteiger charge is 2.21. The van der Waals surface area contributed by atoms with E-state index in [9.17, 15) is 9.59 Å². The first-order chi connectivity index (χ1) is 12.1. The van der Waals surface area contributed by atoms with Crippen molar-refractivity contribution in [3.8, 4) is 0 Å². The summed E-state index contributed by atoms with van der Waals surface area (Å²) in [7, 11) is 1.73. The molecular formula is C18H21N5O2. The normalized spacial score (nSPS) is 14.3. The molecule has 0 atom stereocenters. The third-order valence-electron chi connectivity index (χ3n) is 4.26. The van der Waals surface area contributed by atoms with Gasteiger partial charge in [-0.25, -0.2) is 9.97 Å². The molecule has 1 fully saturated rings. The summed E-state index contributed by atoms with van der Waals surface area (Å²) in [5.74, 6) is 0.361. The van der Waals surface area contributed by atoms with E-state index in [2.05, 4.69) is 9.97 Å². The van der Waals surface area contributed by atoms with Crippen LogP contribution in [0.2, 0.25) is 0 Å². The van der Waals surface area contributed by atoms with E-state index in [1.807, 2.05) is 42.2 Å². The Kier molecular flexibility index (Phi) is 4.92. The molecule has 1 aromatic carbocycles. The summed E-state index contributed by atoms with van der Waals surface area (Å²) in [5.41, 5.74) is 1.92. The number of carbonyl (C=O) groups is 2. The fraction of sp³-hybridized carbons (Fsp3) is 0.333. The lowest BCUT2D eigenvalue weighted by Gasteiger charge is -2.32. The maximum absolute atomic E-state index is 12.8. The molecule has 2 aromatic rings. The van der Waals surface area contributed by atoms with Crippen LogP contribution in [0.25, 0.3) is 0 Å². The van der Waals surface area contributed by atoms with Gasteiger partial charge in [0.25, 0.3) is 5.91 Å². The number of para-hydroxylation sites is 1. The third-order valence-corrected chi connectivity index (χ3v) is 4.26. The Bertz CT molecular complexity index is 757. The molecule has 1 aliphatic rings. The van der Waals surface area contributed by atoms with E-state index >= 15 is 0 Å². The molecule has 7 heteroatoms. The van der Waals surface area contributed by atoms with Crippen LogP contribution in [0.4, 0.5) is 11.6 Å². The van der Waals surface area contributed by atoms with Crippen molar-refractivity contribution in [2.24, 2.45) is 0 Å². The highest BCUT2D eigenvalue weighted by atomic mass is 16.2. The van der Waals surface area contributed by atoms with E-state index in [-0.39, 0.29) is 5.91 Å². The lowest BCUT2D eigenvalue weighted by atomic mass is 10.2. The minimum Gasteiger partial charge on any atom is -0.342 e. The first kappa shape index (κ1) is 16.9. The van der Waals surface area contributed by atoms with Gasteiger partial charge in [-0.15, -0.1) is 0 Å². The topological polar surface area (TPSA) is 69.6 Å². The summed E-state index contributed by atoms with van der Waals surface area (Å²) in [5, 5.41) is 0. The van der Waals surface area contributed by atoms with Gasteiger partial charge in [0.15, 0.2) is 0 Å². The van der Waals surface area contributed by atoms with Gasteiger partial charge in [-0.3, -0.25) is 9.59 Å². The number of benzene rings is 1. The van der Waals surface area contributed by atoms with Gasteiger partial charge < -0.3 is 14.7 Å². The number of aromatic nitrogens is 2. The number of hydrogen-bond donors (Lipinski definition) is 0. The Hall–Kier alpha value is -2.96. The average Bonchev–Trinajstić information content (AvgIpc) is 2.67. The minimum absolute atomic E-state index is 0.176. The zero-order chi connectivity index (χ0) is 17.8. The van der Waals surface area contributed by atoms with Gasteiger partial charge in [-0.05, 0) is 25.1 Å². The second-order valence-corrected chi connectivity index (χ2v) is 6.02. The standard InChI is InChI=1S/C18H21N5O2/c1-14-12-16(17(25)21(2)15-6-4-3-5-7-15)20-18(19-14)23-10-8-22(13-24)9-11-23/h3-7,12-13H,8-11H2,1-2H3. The zero-order valence-electron chi connectivity index (χ0n) is 14.4. The van der Waals surface area contributed by atoms with Gasteiger partial charge in [0.1, 0.15) is 5.69 Å². The van der Waals surface area contributed by atoms with Gasteiger partial charge in [-0.1, -0.05) is 18.2 Å². The van der Waals surface area contributed by atoms with E-state index in [0.29, 0.717) is 37.8 Å². The number of amides is 2. The molecule has 1 aliphatic heterocycles. The number of rotatable bonds is 4. The second kappa shape index (κ2) is 7.29. The van der Waals surface area contributed by atoms with Crippen molar-refractivity contribution in [3.05, 3.63) is 47.8 Å². The second-order valence-electron chi connectivity index (χ2n) is 6.02. The Labute approximate surface area is 146 Å². The summed E-state index contributed by atoms with van der Waals surface area (Å²) in [6.45, 7) is 4.43. The molecule has 2 amide bonds. The molecule has 1 aromatic heterocycles. The van der Waals surface area contributed by atoms with Crippen LogP contribution < -0.4 is 9.80 Å². The van der Waals surface area contributed by atoms with Crippen molar-refractivity contribution in [2.75, 3.05) is 43.0 Å². The number of anilines is 2. The van der Waals surface area contributed by atoms with Crippen molar-refractivity contribution in [1.82, 2.24) is 14.9 Å². The number of carbonyl (C=O) groups excluding carboxylic acids is 2. The molecule has 3 rings (SSSR count). The maximum atomic E-state index is 12.8. The molecule has 0 bridgehead atoms. The number of nitrogens with zero attached hydrogens (tertiary/aromatic N) is 5. The van der Waals surface area contributed by atoms with Crippen LogP contribution in [0.5, 0.6) is 0 Å². The molecule has 0 saturated carbocycles. The summed E-state index contributed by atoms with van der Waals surface area (Å²) >= 11 is 0. The van der Waals surface area contributed by atoms with Crippen molar-refractivity contribution in [3.63, 3.8) is 0 Å². The molecule has 0 spiro atoms. The van der Waals surface area contributed by atoms with Crippen molar-refractivity contribution in [1.29, 1.82) is 0 Å². The van der Waals surface area contributed by atoms with Crippen LogP contribution in [0.1, 0.15) is 16.2 Å². The van der Waals surface area contributed by atoms with E-state index in [1.54, 1.807) is 22.9 Å². The molecule has 0 aliphatic carbocycles. The lowest BCUT2D eigenvalue weighted by molar-refractivity contribution is -0.118. The average molecular weight is 339 g/mol. The van der Waals surface area contributed by atoms with E-state index in [4.69, 9.17) is 0 Å². The van der Waals surface area contributed by atoms with E-state index < -0.39 is 0 Å². The first-order valence-corrected chi connectivity index (χ1v) is 8.21. The number of aryl methyl sites for hydroxylation is 1. The van der Waals surface area contributed by atoms with Crippen molar-refractivity contribution in [2.45, 2.75) is 6.92 Å². The van der Waals surface area contributed by atoms with Gasteiger partial charge in [0, 0.05) is 44.6 Å². The molecule has 0 unspecified atom stereocenters. The molecule has 1 saturated heterocycles. The fourth-order valence-electron chi connectivity index (χ4n) is 2.77. The predicted molar refractivity (Wildman–Crippen MR) is 95.8 cm³/mol. The van der Waals surface area contributed by atoms with Crippen LogP contribution in [-0.2, 0) is 4.79 Å². The minimum atomic E-state index is -0.176. The molecule has 0 N–H and O–H groups in total. The Morgan fingerprint density at radius 1 is 1.12 bits per heavy atom. The van der Waals surface area contributed by atoms with Crippen LogP contribution in [0.3, 0.4) is 0 Å². The first-order valence-electron chi connectivity index (χ1n) is 8.21. The molecule has 130 valence electrons. The van der Waals surface area contributed by atoms with Crippen LogP contribution in [0.15, 0.2) is 36.4 Å². The van der Waals surface area contributed by atoms with Crippen LogP contribution >= 0.6 is 0 Å². The number of hydrogen-bond acceptors (Lipinski definition) is 5. The molecule has 0 radical (unpaired) electrons. The third kappa shape index (κ3) is 3.76. The quantitative estimate of drug-likeness (QED) is 0.786. The van der Waals surface area contributed by atoms with Gasteiger partial charge in [0.05, 0.1) is 0 Å². The Balaban J connectivity index is 1.82. The van der Waals surface area contributed by atoms with E-state index in [0.717, 1.165) is 17.8 Å². The molecular weight excluding hydrogens is 318 g/mol. The summed E-state index contributed by atoms with van der Waals surface area (Å²) < 4.78 is 0. The van der Waals surface area contributed by atoms with Gasteiger partial charge >= 0.3 is 0 Å². The maximum Gasteiger partial charge on any atom is 0.276 e. The zero-order valence-corrected chi connectivity index (χ0v) is 14.4. The SMILES string of the molecule is Cc1cc(C(=O)N(C)c2ccccc2)nc(N2CCN(C=O)CC2)n1. The molecule has 7 nitrogen and oxygen atoms in total. The summed E-state index contributed by atoms with van der Waals surface area (Å²) in [6.07, 6.45) is 0.859. The largest absolute Gasteiger partial charge is 0.342 e. The van der Waals surface area contributed by atoms with Crippen molar-refractivity contribution >= 4 is 24.0 Å². The van der Waals surface area contributed by atoms with Gasteiger partial charge in [-0.2, -0.15) is 0 Å². The van der Waals surface area contributed by atoms with Crippen LogP contribution in [-0.4, -0.2) is 60.4 Å². The van der Waals surface area contributed by atoms with Gasteiger partial charge in [0.2, 0.25) is 12.4 Å². The monoisotopic (exact) mass is 339 g/mol. The Morgan fingerprint density at radius 2 is 1.80 bits per heavy atom. The summed E-state index contributed by atoms with van der Waals surface area (Å²) in [4.78, 5) is 37.9. The fourth-order valence-corrected chi connectivity index (χ4v) is 2.77. The number of piperazine rings is 1. The Morgan fingerprint density at radius 3 is 2.44 bits per heavy atom. The van der Waals surface area contributed by atoms with Crippen LogP contribution in [0, 0.1) is 6.92 Å². The highest BCUT2D eigenvalue weighted by molar-refractivity contribution is 6.04. The summed E-state index contributed by atoms with van der Waals surface area (Å²) in [6, 6.07) is 11.2. The molecule has 2 heterocycles. The highest BCUT2D eigenvalue weighted by Crippen LogP contribution is 2.17. The van der Waals surface area contributed by atoms with E-state index in [1.165, 1.54) is 0 Å². The molecule has 25 heavy (non-hydrogen) atoms.